The molecule has 0 aliphatic carbocycles. The van der Waals surface area contributed by atoms with E-state index in [0.717, 1.165) is 0 Å². The van der Waals surface area contributed by atoms with Crippen LogP contribution >= 0.6 is 0 Å². The summed E-state index contributed by atoms with van der Waals surface area (Å²) in [6, 6.07) is 12.9. The van der Waals surface area contributed by atoms with Crippen molar-refractivity contribution < 1.29 is 23.9 Å². The zero-order valence-electron chi connectivity index (χ0n) is 11.9. The van der Waals surface area contributed by atoms with Gasteiger partial charge in [0.1, 0.15) is 6.61 Å². The maximum absolute atomic E-state index is 12.2. The minimum Gasteiger partial charge on any atom is -0.540 e. The third kappa shape index (κ3) is 2.62. The SMILES string of the molecule is [B]OC(=O)c1ccccc1CON1C(=O)c2ccccc2C1=O. The van der Waals surface area contributed by atoms with Crippen molar-refractivity contribution in [2.75, 3.05) is 0 Å². The molecule has 0 atom stereocenters. The highest BCUT2D eigenvalue weighted by Gasteiger charge is 2.36. The van der Waals surface area contributed by atoms with E-state index in [1.165, 1.54) is 6.07 Å². The Labute approximate surface area is 133 Å². The Kier molecular flexibility index (Phi) is 3.95. The molecule has 23 heavy (non-hydrogen) atoms. The number of rotatable bonds is 4. The quantitative estimate of drug-likeness (QED) is 0.634. The van der Waals surface area contributed by atoms with Crippen LogP contribution in [0.25, 0.3) is 0 Å². The monoisotopic (exact) mass is 307 g/mol. The molecule has 6 nitrogen and oxygen atoms in total. The first kappa shape index (κ1) is 15.0. The molecule has 2 radical (unpaired) electrons. The fourth-order valence-electron chi connectivity index (χ4n) is 2.33. The molecule has 2 aromatic carbocycles. The normalized spacial score (nSPS) is 13.1. The molecule has 2 amide bonds. The molecule has 0 spiro atoms. The average Bonchev–Trinajstić information content (AvgIpc) is 2.84. The van der Waals surface area contributed by atoms with Crippen molar-refractivity contribution in [3.05, 3.63) is 70.8 Å². The fourth-order valence-corrected chi connectivity index (χ4v) is 2.33. The first-order valence-electron chi connectivity index (χ1n) is 6.73. The van der Waals surface area contributed by atoms with E-state index in [2.05, 4.69) is 4.65 Å². The minimum atomic E-state index is -0.730. The number of amides is 2. The van der Waals surface area contributed by atoms with Crippen LogP contribution in [0.5, 0.6) is 0 Å². The molecular formula is C16H10BNO5. The van der Waals surface area contributed by atoms with Crippen molar-refractivity contribution in [3.8, 4) is 0 Å². The van der Waals surface area contributed by atoms with E-state index in [1.807, 2.05) is 0 Å². The number of hydrogen-bond acceptors (Lipinski definition) is 5. The Balaban J connectivity index is 1.80. The van der Waals surface area contributed by atoms with Gasteiger partial charge in [0.05, 0.1) is 16.7 Å². The third-order valence-corrected chi connectivity index (χ3v) is 3.45. The van der Waals surface area contributed by atoms with Crippen LogP contribution in [0.15, 0.2) is 48.5 Å². The first-order chi connectivity index (χ1) is 11.1. The highest BCUT2D eigenvalue weighted by molar-refractivity contribution is 6.20. The highest BCUT2D eigenvalue weighted by atomic mass is 16.7. The van der Waals surface area contributed by atoms with Gasteiger partial charge in [-0.25, -0.2) is 4.79 Å². The molecule has 0 saturated heterocycles. The maximum Gasteiger partial charge on any atom is 0.378 e. The van der Waals surface area contributed by atoms with Crippen LogP contribution in [0.3, 0.4) is 0 Å². The van der Waals surface area contributed by atoms with Crippen LogP contribution in [0.2, 0.25) is 0 Å². The van der Waals surface area contributed by atoms with E-state index in [4.69, 9.17) is 12.9 Å². The van der Waals surface area contributed by atoms with E-state index in [-0.39, 0.29) is 23.3 Å². The van der Waals surface area contributed by atoms with Crippen molar-refractivity contribution in [1.82, 2.24) is 5.06 Å². The summed E-state index contributed by atoms with van der Waals surface area (Å²) in [6.07, 6.45) is 0. The molecular weight excluding hydrogens is 297 g/mol. The van der Waals surface area contributed by atoms with Crippen LogP contribution in [-0.4, -0.2) is 30.9 Å². The molecule has 1 heterocycles. The molecule has 0 aromatic heterocycles. The summed E-state index contributed by atoms with van der Waals surface area (Å²) in [5.74, 6) is -1.81. The number of hydroxylamine groups is 2. The molecule has 2 aromatic rings. The van der Waals surface area contributed by atoms with Crippen LogP contribution in [0.1, 0.15) is 36.6 Å². The molecule has 112 valence electrons. The van der Waals surface area contributed by atoms with Crippen molar-refractivity contribution in [1.29, 1.82) is 0 Å². The second-order valence-corrected chi connectivity index (χ2v) is 4.79. The number of hydrogen-bond donors (Lipinski definition) is 0. The van der Waals surface area contributed by atoms with E-state index in [9.17, 15) is 14.4 Å². The number of nitrogens with zero attached hydrogens (tertiary/aromatic N) is 1. The van der Waals surface area contributed by atoms with Gasteiger partial charge in [0, 0.05) is 0 Å². The number of carbonyl (C=O) groups excluding carboxylic acids is 3. The molecule has 0 N–H and O–H groups in total. The first-order valence-corrected chi connectivity index (χ1v) is 6.73. The lowest BCUT2D eigenvalue weighted by atomic mass is 10.1. The van der Waals surface area contributed by atoms with Crippen molar-refractivity contribution in [2.45, 2.75) is 6.61 Å². The van der Waals surface area contributed by atoms with Crippen LogP contribution in [0.4, 0.5) is 0 Å². The van der Waals surface area contributed by atoms with Gasteiger partial charge >= 0.3 is 14.0 Å². The molecule has 0 fully saturated rings. The van der Waals surface area contributed by atoms with Gasteiger partial charge in [-0.1, -0.05) is 30.3 Å². The van der Waals surface area contributed by atoms with Crippen LogP contribution in [0, 0.1) is 0 Å². The zero-order chi connectivity index (χ0) is 16.4. The van der Waals surface area contributed by atoms with E-state index >= 15 is 0 Å². The highest BCUT2D eigenvalue weighted by Crippen LogP contribution is 2.23. The van der Waals surface area contributed by atoms with Gasteiger partial charge in [0.2, 0.25) is 0 Å². The lowest BCUT2D eigenvalue weighted by molar-refractivity contribution is -0.101. The molecule has 0 saturated carbocycles. The van der Waals surface area contributed by atoms with Crippen molar-refractivity contribution in [2.24, 2.45) is 0 Å². The third-order valence-electron chi connectivity index (χ3n) is 3.45. The molecule has 1 aliphatic rings. The van der Waals surface area contributed by atoms with E-state index < -0.39 is 17.8 Å². The maximum atomic E-state index is 12.2. The Morgan fingerprint density at radius 3 is 2.13 bits per heavy atom. The number of fused-ring (bicyclic) bond motifs is 1. The van der Waals surface area contributed by atoms with Gasteiger partial charge in [0.15, 0.2) is 0 Å². The standard InChI is InChI=1S/C16H10BNO5/c17-23-16(21)11-6-2-1-5-10(11)9-22-18-14(19)12-7-3-4-8-13(12)15(18)20/h1-8H,9H2. The summed E-state index contributed by atoms with van der Waals surface area (Å²) in [7, 11) is 4.88. The summed E-state index contributed by atoms with van der Waals surface area (Å²) in [6.45, 7) is -0.156. The Morgan fingerprint density at radius 1 is 0.957 bits per heavy atom. The second-order valence-electron chi connectivity index (χ2n) is 4.79. The van der Waals surface area contributed by atoms with Gasteiger partial charge in [-0.05, 0) is 23.8 Å². The number of benzene rings is 2. The smallest absolute Gasteiger partial charge is 0.378 e. The summed E-state index contributed by atoms with van der Waals surface area (Å²) in [5, 5.41) is 0.690. The van der Waals surface area contributed by atoms with Crippen molar-refractivity contribution in [3.63, 3.8) is 0 Å². The molecule has 0 bridgehead atoms. The summed E-state index contributed by atoms with van der Waals surface area (Å²) in [5.41, 5.74) is 1.21. The second kappa shape index (κ2) is 6.06. The van der Waals surface area contributed by atoms with Gasteiger partial charge in [-0.15, -0.1) is 5.06 Å². The lowest BCUT2D eigenvalue weighted by Gasteiger charge is -2.14. The van der Waals surface area contributed by atoms with Gasteiger partial charge < -0.3 is 4.65 Å². The summed E-state index contributed by atoms with van der Waals surface area (Å²) >= 11 is 0. The zero-order valence-corrected chi connectivity index (χ0v) is 11.9. The average molecular weight is 307 g/mol. The van der Waals surface area contributed by atoms with E-state index in [0.29, 0.717) is 10.6 Å². The van der Waals surface area contributed by atoms with Gasteiger partial charge in [-0.2, -0.15) is 0 Å². The largest absolute Gasteiger partial charge is 0.540 e. The lowest BCUT2D eigenvalue weighted by Crippen LogP contribution is -2.30. The predicted molar refractivity (Wildman–Crippen MR) is 79.3 cm³/mol. The van der Waals surface area contributed by atoms with Gasteiger partial charge in [0.25, 0.3) is 11.8 Å². The Morgan fingerprint density at radius 2 is 1.52 bits per heavy atom. The molecule has 7 heteroatoms. The van der Waals surface area contributed by atoms with Gasteiger partial charge in [-0.3, -0.25) is 14.4 Å². The van der Waals surface area contributed by atoms with Crippen molar-refractivity contribution >= 4 is 25.8 Å². The minimum absolute atomic E-state index is 0.156. The molecule has 3 rings (SSSR count). The van der Waals surface area contributed by atoms with Crippen LogP contribution < -0.4 is 0 Å². The topological polar surface area (TPSA) is 72.9 Å². The molecule has 1 aliphatic heterocycles. The predicted octanol–water partition coefficient (Wildman–Crippen LogP) is 1.65. The van der Waals surface area contributed by atoms with Crippen LogP contribution in [-0.2, 0) is 16.1 Å². The summed E-state index contributed by atoms with van der Waals surface area (Å²) in [4.78, 5) is 41.2. The fraction of sp³-hybridized carbons (Fsp3) is 0.0625. The van der Waals surface area contributed by atoms with E-state index in [1.54, 1.807) is 42.5 Å². The number of imide groups is 1. The Bertz CT molecular complexity index is 770. The molecule has 0 unspecified atom stereocenters. The number of carbonyl (C=O) groups is 3. The Hall–Kier alpha value is -2.93. The summed E-state index contributed by atoms with van der Waals surface area (Å²) < 4.78 is 4.20.